The Balaban J connectivity index is 1.48. The molecule has 0 spiro atoms. The number of amides is 1. The number of aromatic nitrogens is 1. The average Bonchev–Trinajstić information content (AvgIpc) is 3.04. The molecular formula is C21H23N3O2. The predicted molar refractivity (Wildman–Crippen MR) is 104 cm³/mol. The van der Waals surface area contributed by atoms with Crippen LogP contribution in [-0.4, -0.2) is 48.7 Å². The molecule has 0 N–H and O–H groups in total. The van der Waals surface area contributed by atoms with Crippen LogP contribution in [-0.2, 0) is 7.05 Å². The Labute approximate surface area is 153 Å². The first-order valence-corrected chi connectivity index (χ1v) is 8.90. The second kappa shape index (κ2) is 6.75. The molecule has 1 aliphatic rings. The van der Waals surface area contributed by atoms with Crippen molar-refractivity contribution in [1.82, 2.24) is 9.47 Å². The molecule has 1 aromatic heterocycles. The van der Waals surface area contributed by atoms with Gasteiger partial charge in [0.2, 0.25) is 0 Å². The van der Waals surface area contributed by atoms with Gasteiger partial charge in [0.15, 0.2) is 0 Å². The number of methoxy groups -OCH3 is 1. The van der Waals surface area contributed by atoms with Gasteiger partial charge < -0.3 is 19.1 Å². The molecule has 1 aliphatic heterocycles. The molecule has 2 heterocycles. The summed E-state index contributed by atoms with van der Waals surface area (Å²) in [6.07, 6.45) is 0. The number of piperazine rings is 1. The number of carbonyl (C=O) groups excluding carboxylic acids is 1. The van der Waals surface area contributed by atoms with Crippen LogP contribution in [0.2, 0.25) is 0 Å². The summed E-state index contributed by atoms with van der Waals surface area (Å²) in [7, 11) is 3.64. The monoisotopic (exact) mass is 349 g/mol. The van der Waals surface area contributed by atoms with Crippen LogP contribution in [0, 0.1) is 0 Å². The standard InChI is InChI=1S/C21H23N3O2/c1-22-19-9-4-3-6-16(19)14-20(22)21(25)24-12-10-23(11-13-24)17-7-5-8-18(15-17)26-2/h3-9,14-15H,10-13H2,1-2H3. The molecular weight excluding hydrogens is 326 g/mol. The van der Waals surface area contributed by atoms with E-state index in [9.17, 15) is 4.79 Å². The summed E-state index contributed by atoms with van der Waals surface area (Å²) in [5, 5.41) is 1.10. The van der Waals surface area contributed by atoms with Gasteiger partial charge in [0.1, 0.15) is 11.4 Å². The van der Waals surface area contributed by atoms with Crippen molar-refractivity contribution in [3.05, 3.63) is 60.3 Å². The lowest BCUT2D eigenvalue weighted by atomic mass is 10.2. The zero-order valence-corrected chi connectivity index (χ0v) is 15.2. The molecule has 1 fully saturated rings. The normalized spacial score (nSPS) is 14.7. The van der Waals surface area contributed by atoms with Crippen molar-refractivity contribution in [1.29, 1.82) is 0 Å². The first kappa shape index (κ1) is 16.5. The van der Waals surface area contributed by atoms with Crippen LogP contribution < -0.4 is 9.64 Å². The Kier molecular flexibility index (Phi) is 4.29. The van der Waals surface area contributed by atoms with E-state index in [4.69, 9.17) is 4.74 Å². The van der Waals surface area contributed by atoms with Gasteiger partial charge in [-0.1, -0.05) is 24.3 Å². The van der Waals surface area contributed by atoms with Gasteiger partial charge in [0.25, 0.3) is 5.91 Å². The van der Waals surface area contributed by atoms with E-state index >= 15 is 0 Å². The number of aryl methyl sites for hydroxylation is 1. The minimum Gasteiger partial charge on any atom is -0.497 e. The first-order valence-electron chi connectivity index (χ1n) is 8.90. The van der Waals surface area contributed by atoms with E-state index < -0.39 is 0 Å². The number of nitrogens with zero attached hydrogens (tertiary/aromatic N) is 3. The number of para-hydroxylation sites is 1. The van der Waals surface area contributed by atoms with Gasteiger partial charge in [0.05, 0.1) is 7.11 Å². The minimum absolute atomic E-state index is 0.106. The smallest absolute Gasteiger partial charge is 0.270 e. The van der Waals surface area contributed by atoms with Crippen LogP contribution in [0.4, 0.5) is 5.69 Å². The Morgan fingerprint density at radius 1 is 0.962 bits per heavy atom. The Morgan fingerprint density at radius 2 is 1.73 bits per heavy atom. The molecule has 0 saturated carbocycles. The quantitative estimate of drug-likeness (QED) is 0.729. The highest BCUT2D eigenvalue weighted by Crippen LogP contribution is 2.24. The molecule has 1 saturated heterocycles. The zero-order chi connectivity index (χ0) is 18.1. The number of benzene rings is 2. The first-order chi connectivity index (χ1) is 12.7. The number of hydrogen-bond donors (Lipinski definition) is 0. The van der Waals surface area contributed by atoms with E-state index in [1.165, 1.54) is 0 Å². The third-order valence-corrected chi connectivity index (χ3v) is 5.16. The van der Waals surface area contributed by atoms with Gasteiger partial charge in [-0.05, 0) is 24.3 Å². The number of rotatable bonds is 3. The molecule has 4 rings (SSSR count). The molecule has 0 unspecified atom stereocenters. The summed E-state index contributed by atoms with van der Waals surface area (Å²) in [5.41, 5.74) is 2.98. The van der Waals surface area contributed by atoms with E-state index in [-0.39, 0.29) is 5.91 Å². The third-order valence-electron chi connectivity index (χ3n) is 5.16. The summed E-state index contributed by atoms with van der Waals surface area (Å²) in [5.74, 6) is 0.963. The van der Waals surface area contributed by atoms with E-state index in [0.717, 1.165) is 54.2 Å². The van der Waals surface area contributed by atoms with Crippen LogP contribution >= 0.6 is 0 Å². The van der Waals surface area contributed by atoms with Crippen molar-refractivity contribution in [3.63, 3.8) is 0 Å². The molecule has 3 aromatic rings. The van der Waals surface area contributed by atoms with Gasteiger partial charge in [-0.15, -0.1) is 0 Å². The Hall–Kier alpha value is -2.95. The predicted octanol–water partition coefficient (Wildman–Crippen LogP) is 3.15. The zero-order valence-electron chi connectivity index (χ0n) is 15.2. The Morgan fingerprint density at radius 3 is 2.46 bits per heavy atom. The van der Waals surface area contributed by atoms with E-state index in [1.807, 2.05) is 65.0 Å². The van der Waals surface area contributed by atoms with Crippen molar-refractivity contribution in [2.24, 2.45) is 7.05 Å². The molecule has 5 nitrogen and oxygen atoms in total. The van der Waals surface area contributed by atoms with Gasteiger partial charge in [0, 0.05) is 55.9 Å². The fourth-order valence-electron chi connectivity index (χ4n) is 3.63. The highest BCUT2D eigenvalue weighted by Gasteiger charge is 2.24. The lowest BCUT2D eigenvalue weighted by molar-refractivity contribution is 0.0737. The largest absolute Gasteiger partial charge is 0.497 e. The van der Waals surface area contributed by atoms with Crippen molar-refractivity contribution in [3.8, 4) is 5.75 Å². The van der Waals surface area contributed by atoms with Crippen LogP contribution in [0.5, 0.6) is 5.75 Å². The summed E-state index contributed by atoms with van der Waals surface area (Å²) in [6, 6.07) is 18.2. The van der Waals surface area contributed by atoms with Gasteiger partial charge >= 0.3 is 0 Å². The number of anilines is 1. The van der Waals surface area contributed by atoms with Crippen molar-refractivity contribution in [2.45, 2.75) is 0 Å². The highest BCUT2D eigenvalue weighted by atomic mass is 16.5. The maximum atomic E-state index is 13.0. The summed E-state index contributed by atoms with van der Waals surface area (Å²) < 4.78 is 7.30. The minimum atomic E-state index is 0.106. The maximum Gasteiger partial charge on any atom is 0.270 e. The number of fused-ring (bicyclic) bond motifs is 1. The fraction of sp³-hybridized carbons (Fsp3) is 0.286. The summed E-state index contributed by atoms with van der Waals surface area (Å²) >= 11 is 0. The van der Waals surface area contributed by atoms with Crippen LogP contribution in [0.15, 0.2) is 54.6 Å². The van der Waals surface area contributed by atoms with Gasteiger partial charge in [-0.25, -0.2) is 0 Å². The van der Waals surface area contributed by atoms with E-state index in [2.05, 4.69) is 11.0 Å². The third kappa shape index (κ3) is 2.90. The number of carbonyl (C=O) groups is 1. The molecule has 0 atom stereocenters. The number of ether oxygens (including phenoxy) is 1. The molecule has 0 aliphatic carbocycles. The van der Waals surface area contributed by atoms with Crippen LogP contribution in [0.25, 0.3) is 10.9 Å². The molecule has 134 valence electrons. The van der Waals surface area contributed by atoms with Crippen LogP contribution in [0.1, 0.15) is 10.5 Å². The maximum absolute atomic E-state index is 13.0. The summed E-state index contributed by atoms with van der Waals surface area (Å²) in [4.78, 5) is 17.2. The lowest BCUT2D eigenvalue weighted by Gasteiger charge is -2.36. The molecule has 1 amide bonds. The number of hydrogen-bond acceptors (Lipinski definition) is 3. The molecule has 26 heavy (non-hydrogen) atoms. The average molecular weight is 349 g/mol. The summed E-state index contributed by atoms with van der Waals surface area (Å²) in [6.45, 7) is 3.08. The second-order valence-electron chi connectivity index (χ2n) is 6.63. The van der Waals surface area contributed by atoms with E-state index in [1.54, 1.807) is 7.11 Å². The topological polar surface area (TPSA) is 37.7 Å². The second-order valence-corrected chi connectivity index (χ2v) is 6.63. The fourth-order valence-corrected chi connectivity index (χ4v) is 3.63. The highest BCUT2D eigenvalue weighted by molar-refractivity contribution is 5.98. The SMILES string of the molecule is COc1cccc(N2CCN(C(=O)c3cc4ccccc4n3C)CC2)c1. The Bertz CT molecular complexity index is 939. The van der Waals surface area contributed by atoms with Crippen molar-refractivity contribution in [2.75, 3.05) is 38.2 Å². The van der Waals surface area contributed by atoms with E-state index in [0.29, 0.717) is 0 Å². The molecule has 5 heteroatoms. The van der Waals surface area contributed by atoms with Gasteiger partial charge in [-0.2, -0.15) is 0 Å². The molecule has 2 aromatic carbocycles. The van der Waals surface area contributed by atoms with Gasteiger partial charge in [-0.3, -0.25) is 4.79 Å². The van der Waals surface area contributed by atoms with Crippen LogP contribution in [0.3, 0.4) is 0 Å². The van der Waals surface area contributed by atoms with Crippen molar-refractivity contribution >= 4 is 22.5 Å². The van der Waals surface area contributed by atoms with Crippen molar-refractivity contribution < 1.29 is 9.53 Å². The lowest BCUT2D eigenvalue weighted by Crippen LogP contribution is -2.49. The molecule has 0 radical (unpaired) electrons. The molecule has 0 bridgehead atoms.